The van der Waals surface area contributed by atoms with Crippen LogP contribution in [0.25, 0.3) is 0 Å². The minimum absolute atomic E-state index is 0.673. The number of rotatable bonds is 12. The van der Waals surface area contributed by atoms with Crippen molar-refractivity contribution in [3.63, 3.8) is 0 Å². The first kappa shape index (κ1) is 16.7. The quantitative estimate of drug-likeness (QED) is 0.399. The van der Waals surface area contributed by atoms with Gasteiger partial charge in [0.05, 0.1) is 6.61 Å². The first-order valence-corrected chi connectivity index (χ1v) is 8.02. The lowest BCUT2D eigenvalue weighted by molar-refractivity contribution is -0.107. The number of hydrogen-bond acceptors (Lipinski definition) is 2. The zero-order chi connectivity index (χ0) is 14.5. The predicted molar refractivity (Wildman–Crippen MR) is 84.3 cm³/mol. The van der Waals surface area contributed by atoms with Crippen LogP contribution in [0.5, 0.6) is 5.75 Å². The van der Waals surface area contributed by atoms with Gasteiger partial charge in [-0.1, -0.05) is 38.3 Å². The van der Waals surface area contributed by atoms with Crippen molar-refractivity contribution < 1.29 is 9.53 Å². The number of benzene rings is 1. The highest BCUT2D eigenvalue weighted by molar-refractivity contribution is 5.48. The number of carbonyl (C=O) groups is 1. The molecule has 0 atom stereocenters. The fourth-order valence-electron chi connectivity index (χ4n) is 2.20. The van der Waals surface area contributed by atoms with E-state index in [-0.39, 0.29) is 0 Å². The molecule has 0 bridgehead atoms. The van der Waals surface area contributed by atoms with Gasteiger partial charge in [0.2, 0.25) is 0 Å². The summed E-state index contributed by atoms with van der Waals surface area (Å²) < 4.78 is 5.70. The molecule has 2 nitrogen and oxygen atoms in total. The molecule has 0 aliphatic rings. The number of unbranched alkanes of at least 4 members (excludes halogenated alkanes) is 6. The largest absolute Gasteiger partial charge is 0.494 e. The number of carbonyl (C=O) groups excluding carboxylic acids is 1. The van der Waals surface area contributed by atoms with Crippen LogP contribution in [0.4, 0.5) is 0 Å². The summed E-state index contributed by atoms with van der Waals surface area (Å²) in [5.74, 6) is 0.956. The second-order valence-electron chi connectivity index (χ2n) is 5.32. The fourth-order valence-corrected chi connectivity index (χ4v) is 2.20. The molecule has 0 N–H and O–H groups in total. The third-order valence-corrected chi connectivity index (χ3v) is 3.48. The number of ether oxygens (including phenoxy) is 1. The van der Waals surface area contributed by atoms with E-state index in [1.54, 1.807) is 0 Å². The average Bonchev–Trinajstić information content (AvgIpc) is 2.49. The Morgan fingerprint density at radius 2 is 1.70 bits per heavy atom. The van der Waals surface area contributed by atoms with Gasteiger partial charge in [0.1, 0.15) is 12.0 Å². The summed E-state index contributed by atoms with van der Waals surface area (Å²) >= 11 is 0. The van der Waals surface area contributed by atoms with E-state index in [4.69, 9.17) is 4.74 Å². The first-order valence-electron chi connectivity index (χ1n) is 8.02. The minimum atomic E-state index is 0.673. The maximum absolute atomic E-state index is 10.2. The van der Waals surface area contributed by atoms with Gasteiger partial charge >= 0.3 is 0 Å². The van der Waals surface area contributed by atoms with Crippen LogP contribution in [0.3, 0.4) is 0 Å². The van der Waals surface area contributed by atoms with Crippen LogP contribution in [-0.4, -0.2) is 12.9 Å². The van der Waals surface area contributed by atoms with Gasteiger partial charge in [-0.2, -0.15) is 0 Å². The van der Waals surface area contributed by atoms with Crippen molar-refractivity contribution >= 4 is 6.29 Å². The van der Waals surface area contributed by atoms with Crippen LogP contribution in [0.2, 0.25) is 0 Å². The molecule has 20 heavy (non-hydrogen) atoms. The summed E-state index contributed by atoms with van der Waals surface area (Å²) in [6.45, 7) is 2.99. The molecule has 0 aromatic heterocycles. The Balaban J connectivity index is 2.13. The Kier molecular flexibility index (Phi) is 9.64. The first-order chi connectivity index (χ1) is 9.86. The highest BCUT2D eigenvalue weighted by Gasteiger charge is 1.97. The third kappa shape index (κ3) is 7.98. The average molecular weight is 276 g/mol. The van der Waals surface area contributed by atoms with Crippen molar-refractivity contribution in [2.75, 3.05) is 6.61 Å². The van der Waals surface area contributed by atoms with Gasteiger partial charge in [-0.15, -0.1) is 0 Å². The van der Waals surface area contributed by atoms with Crippen molar-refractivity contribution in [3.05, 3.63) is 29.8 Å². The standard InChI is InChI=1S/C18H28O2/c1-2-3-4-7-10-17-11-13-18(14-12-17)20-16-9-6-5-8-15-19/h11-15H,2-10,16H2,1H3. The highest BCUT2D eigenvalue weighted by atomic mass is 16.5. The lowest BCUT2D eigenvalue weighted by atomic mass is 10.1. The Bertz CT molecular complexity index is 343. The number of aryl methyl sites for hydroxylation is 1. The SMILES string of the molecule is CCCCCCc1ccc(OCCCCCC=O)cc1. The molecule has 1 aromatic carbocycles. The summed E-state index contributed by atoms with van der Waals surface area (Å²) in [7, 11) is 0. The molecule has 1 aromatic rings. The Hall–Kier alpha value is -1.31. The summed E-state index contributed by atoms with van der Waals surface area (Å²) in [6.07, 6.45) is 11.1. The highest BCUT2D eigenvalue weighted by Crippen LogP contribution is 2.15. The van der Waals surface area contributed by atoms with E-state index < -0.39 is 0 Å². The molecule has 0 spiro atoms. The lowest BCUT2D eigenvalue weighted by Gasteiger charge is -2.07. The van der Waals surface area contributed by atoms with Gasteiger partial charge in [-0.25, -0.2) is 0 Å². The van der Waals surface area contributed by atoms with E-state index in [1.165, 1.54) is 37.7 Å². The van der Waals surface area contributed by atoms with E-state index in [1.807, 2.05) is 0 Å². The smallest absolute Gasteiger partial charge is 0.119 e. The normalized spacial score (nSPS) is 10.4. The molecule has 0 radical (unpaired) electrons. The van der Waals surface area contributed by atoms with Crippen LogP contribution in [0.15, 0.2) is 24.3 Å². The summed E-state index contributed by atoms with van der Waals surface area (Å²) in [6, 6.07) is 8.49. The van der Waals surface area contributed by atoms with Crippen LogP contribution in [0, 0.1) is 0 Å². The lowest BCUT2D eigenvalue weighted by Crippen LogP contribution is -1.97. The summed E-state index contributed by atoms with van der Waals surface area (Å²) in [5, 5.41) is 0. The fraction of sp³-hybridized carbons (Fsp3) is 0.611. The van der Waals surface area contributed by atoms with E-state index in [0.29, 0.717) is 6.42 Å². The Morgan fingerprint density at radius 3 is 2.40 bits per heavy atom. The van der Waals surface area contributed by atoms with Crippen LogP contribution >= 0.6 is 0 Å². The van der Waals surface area contributed by atoms with E-state index >= 15 is 0 Å². The van der Waals surface area contributed by atoms with Crippen LogP contribution < -0.4 is 4.74 Å². The molecule has 0 aliphatic heterocycles. The minimum Gasteiger partial charge on any atom is -0.494 e. The van der Waals surface area contributed by atoms with Gasteiger partial charge in [0.25, 0.3) is 0 Å². The molecular formula is C18H28O2. The third-order valence-electron chi connectivity index (χ3n) is 3.48. The zero-order valence-electron chi connectivity index (χ0n) is 12.8. The molecule has 0 fully saturated rings. The van der Waals surface area contributed by atoms with Gasteiger partial charge in [0.15, 0.2) is 0 Å². The summed E-state index contributed by atoms with van der Waals surface area (Å²) in [5.41, 5.74) is 1.40. The molecule has 0 unspecified atom stereocenters. The molecule has 1 rings (SSSR count). The number of aldehydes is 1. The molecule has 0 amide bonds. The molecule has 2 heteroatoms. The van der Waals surface area contributed by atoms with Gasteiger partial charge in [-0.3, -0.25) is 0 Å². The van der Waals surface area contributed by atoms with Crippen molar-refractivity contribution in [1.82, 2.24) is 0 Å². The van der Waals surface area contributed by atoms with Crippen molar-refractivity contribution in [2.24, 2.45) is 0 Å². The number of hydrogen-bond donors (Lipinski definition) is 0. The van der Waals surface area contributed by atoms with Crippen molar-refractivity contribution in [3.8, 4) is 5.75 Å². The molecule has 0 heterocycles. The van der Waals surface area contributed by atoms with E-state index in [0.717, 1.165) is 37.9 Å². The molecule has 0 saturated carbocycles. The second kappa shape index (κ2) is 11.5. The van der Waals surface area contributed by atoms with Crippen LogP contribution in [-0.2, 0) is 11.2 Å². The van der Waals surface area contributed by atoms with Gasteiger partial charge in [0, 0.05) is 6.42 Å². The van der Waals surface area contributed by atoms with Crippen molar-refractivity contribution in [2.45, 2.75) is 64.7 Å². The zero-order valence-corrected chi connectivity index (χ0v) is 12.8. The Morgan fingerprint density at radius 1 is 0.950 bits per heavy atom. The topological polar surface area (TPSA) is 26.3 Å². The predicted octanol–water partition coefficient (Wildman–Crippen LogP) is 4.95. The molecule has 0 aliphatic carbocycles. The monoisotopic (exact) mass is 276 g/mol. The maximum Gasteiger partial charge on any atom is 0.119 e. The van der Waals surface area contributed by atoms with Gasteiger partial charge in [-0.05, 0) is 49.8 Å². The van der Waals surface area contributed by atoms with E-state index in [2.05, 4.69) is 31.2 Å². The van der Waals surface area contributed by atoms with Crippen LogP contribution in [0.1, 0.15) is 63.9 Å². The Labute approximate surface area is 123 Å². The molecule has 112 valence electrons. The van der Waals surface area contributed by atoms with Gasteiger partial charge < -0.3 is 9.53 Å². The van der Waals surface area contributed by atoms with E-state index in [9.17, 15) is 4.79 Å². The molecule has 0 saturated heterocycles. The second-order valence-corrected chi connectivity index (χ2v) is 5.32. The van der Waals surface area contributed by atoms with Crippen molar-refractivity contribution in [1.29, 1.82) is 0 Å². The summed E-state index contributed by atoms with van der Waals surface area (Å²) in [4.78, 5) is 10.2. The molecular weight excluding hydrogens is 248 g/mol. The maximum atomic E-state index is 10.2.